The molecule has 0 aliphatic carbocycles. The lowest BCUT2D eigenvalue weighted by Crippen LogP contribution is -2.51. The van der Waals surface area contributed by atoms with Crippen molar-refractivity contribution < 1.29 is 4.39 Å². The fourth-order valence-electron chi connectivity index (χ4n) is 3.28. The second-order valence-corrected chi connectivity index (χ2v) is 6.29. The Morgan fingerprint density at radius 3 is 2.70 bits per heavy atom. The quantitative estimate of drug-likeness (QED) is 0.847. The Bertz CT molecular complexity index is 635. The summed E-state index contributed by atoms with van der Waals surface area (Å²) in [6.07, 6.45) is 5.54. The zero-order valence-electron chi connectivity index (χ0n) is 10.7. The van der Waals surface area contributed by atoms with Gasteiger partial charge in [0.1, 0.15) is 5.69 Å². The van der Waals surface area contributed by atoms with Crippen LogP contribution in [0.5, 0.6) is 0 Å². The minimum absolute atomic E-state index is 0. The van der Waals surface area contributed by atoms with Crippen LogP contribution < -0.4 is 10.2 Å². The van der Waals surface area contributed by atoms with Crippen molar-refractivity contribution in [3.63, 3.8) is 0 Å². The normalized spacial score (nSPS) is 25.0. The lowest BCUT2D eigenvalue weighted by atomic mass is 10.2. The number of aromatic nitrogens is 2. The van der Waals surface area contributed by atoms with Crippen molar-refractivity contribution in [2.24, 2.45) is 0 Å². The van der Waals surface area contributed by atoms with Crippen LogP contribution in [0.15, 0.2) is 22.9 Å². The van der Waals surface area contributed by atoms with E-state index < -0.39 is 0 Å². The molecule has 2 bridgehead atoms. The molecule has 4 rings (SSSR count). The number of fused-ring (bicyclic) bond motifs is 3. The third-order valence-corrected chi connectivity index (χ3v) is 4.50. The van der Waals surface area contributed by atoms with Crippen molar-refractivity contribution in [2.75, 3.05) is 18.0 Å². The zero-order valence-corrected chi connectivity index (χ0v) is 13.1. The van der Waals surface area contributed by atoms with Crippen molar-refractivity contribution >= 4 is 39.5 Å². The lowest BCUT2D eigenvalue weighted by molar-refractivity contribution is 0.460. The first-order valence-electron chi connectivity index (χ1n) is 6.54. The first-order chi connectivity index (χ1) is 9.20. The highest BCUT2D eigenvalue weighted by Gasteiger charge is 2.34. The van der Waals surface area contributed by atoms with Crippen LogP contribution in [0.3, 0.4) is 0 Å². The molecule has 2 aromatic heterocycles. The third kappa shape index (κ3) is 2.19. The summed E-state index contributed by atoms with van der Waals surface area (Å²) in [5, 5.41) is 7.65. The van der Waals surface area contributed by atoms with E-state index in [-0.39, 0.29) is 18.2 Å². The zero-order chi connectivity index (χ0) is 13.0. The molecule has 7 heteroatoms. The molecule has 0 radical (unpaired) electrons. The highest BCUT2D eigenvalue weighted by molar-refractivity contribution is 9.10. The molecule has 2 saturated heterocycles. The summed E-state index contributed by atoms with van der Waals surface area (Å²) >= 11 is 3.43. The number of halogens is 3. The number of nitrogens with one attached hydrogen (secondary N) is 1. The van der Waals surface area contributed by atoms with Gasteiger partial charge in [0.2, 0.25) is 0 Å². The molecule has 2 atom stereocenters. The van der Waals surface area contributed by atoms with Crippen LogP contribution in [-0.2, 0) is 0 Å². The molecule has 4 nitrogen and oxygen atoms in total. The molecule has 1 N–H and O–H groups in total. The molecular weight excluding hydrogens is 347 g/mol. The molecule has 2 aliphatic rings. The number of nitrogens with zero attached hydrogens (tertiary/aromatic N) is 3. The second kappa shape index (κ2) is 5.16. The maximum Gasteiger partial charge on any atom is 0.168 e. The molecule has 4 heterocycles. The minimum Gasteiger partial charge on any atom is -0.364 e. The third-order valence-electron chi connectivity index (χ3n) is 4.06. The van der Waals surface area contributed by atoms with E-state index in [0.29, 0.717) is 17.8 Å². The molecule has 2 aromatic rings. The molecule has 2 unspecified atom stereocenters. The average Bonchev–Trinajstić information content (AvgIpc) is 2.91. The van der Waals surface area contributed by atoms with E-state index in [9.17, 15) is 4.39 Å². The van der Waals surface area contributed by atoms with Gasteiger partial charge in [-0.05, 0) is 34.8 Å². The summed E-state index contributed by atoms with van der Waals surface area (Å²) in [5.74, 6) is -0.237. The number of anilines is 1. The van der Waals surface area contributed by atoms with E-state index in [1.807, 2.05) is 12.3 Å². The van der Waals surface area contributed by atoms with Gasteiger partial charge in [0.15, 0.2) is 5.82 Å². The summed E-state index contributed by atoms with van der Waals surface area (Å²) in [6.45, 7) is 1.74. The maximum atomic E-state index is 14.2. The van der Waals surface area contributed by atoms with E-state index in [4.69, 9.17) is 0 Å². The highest BCUT2D eigenvalue weighted by atomic mass is 79.9. The fraction of sp³-hybridized carbons (Fsp3) is 0.462. The largest absolute Gasteiger partial charge is 0.364 e. The fourth-order valence-corrected chi connectivity index (χ4v) is 3.69. The van der Waals surface area contributed by atoms with Gasteiger partial charge in [-0.2, -0.15) is 5.10 Å². The number of hydrogen-bond acceptors (Lipinski definition) is 3. The van der Waals surface area contributed by atoms with Crippen molar-refractivity contribution in [1.82, 2.24) is 14.9 Å². The van der Waals surface area contributed by atoms with E-state index in [0.717, 1.165) is 23.1 Å². The predicted octanol–water partition coefficient (Wildman–Crippen LogP) is 2.60. The lowest BCUT2D eigenvalue weighted by Gasteiger charge is -2.34. The number of hydrogen-bond donors (Lipinski definition) is 1. The Morgan fingerprint density at radius 2 is 2.00 bits per heavy atom. The van der Waals surface area contributed by atoms with Crippen molar-refractivity contribution in [1.29, 1.82) is 0 Å². The molecule has 0 saturated carbocycles. The van der Waals surface area contributed by atoms with E-state index in [1.165, 1.54) is 19.0 Å². The summed E-state index contributed by atoms with van der Waals surface area (Å²) in [7, 11) is 0. The molecule has 20 heavy (non-hydrogen) atoms. The summed E-state index contributed by atoms with van der Waals surface area (Å²) in [4.78, 5) is 2.16. The van der Waals surface area contributed by atoms with Gasteiger partial charge in [0, 0.05) is 35.8 Å². The van der Waals surface area contributed by atoms with Crippen molar-refractivity contribution in [2.45, 2.75) is 24.9 Å². The van der Waals surface area contributed by atoms with Crippen LogP contribution in [0.25, 0.3) is 5.52 Å². The van der Waals surface area contributed by atoms with Gasteiger partial charge in [0.25, 0.3) is 0 Å². The van der Waals surface area contributed by atoms with Gasteiger partial charge in [0.05, 0.1) is 11.7 Å². The summed E-state index contributed by atoms with van der Waals surface area (Å²) < 4.78 is 16.9. The second-order valence-electron chi connectivity index (χ2n) is 5.37. The molecule has 0 amide bonds. The number of rotatable bonds is 1. The highest BCUT2D eigenvalue weighted by Crippen LogP contribution is 2.31. The van der Waals surface area contributed by atoms with Crippen LogP contribution in [0, 0.1) is 5.82 Å². The van der Waals surface area contributed by atoms with Crippen molar-refractivity contribution in [3.8, 4) is 0 Å². The van der Waals surface area contributed by atoms with E-state index >= 15 is 0 Å². The Morgan fingerprint density at radius 1 is 1.30 bits per heavy atom. The van der Waals surface area contributed by atoms with Gasteiger partial charge in [-0.25, -0.2) is 8.91 Å². The molecule has 2 aliphatic heterocycles. The monoisotopic (exact) mass is 360 g/mol. The molecule has 0 aromatic carbocycles. The topological polar surface area (TPSA) is 32.6 Å². The van der Waals surface area contributed by atoms with Crippen LogP contribution in [-0.4, -0.2) is 34.8 Å². The van der Waals surface area contributed by atoms with Crippen LogP contribution in [0.2, 0.25) is 0 Å². The first-order valence-corrected chi connectivity index (χ1v) is 7.33. The first kappa shape index (κ1) is 14.1. The average molecular weight is 362 g/mol. The minimum atomic E-state index is -0.237. The van der Waals surface area contributed by atoms with Gasteiger partial charge >= 0.3 is 0 Å². The SMILES string of the molecule is Cl.Fc1cnn2cc(Br)cc2c1N1CC2CCC(C1)N2. The Balaban J connectivity index is 0.00000121. The van der Waals surface area contributed by atoms with Gasteiger partial charge < -0.3 is 10.2 Å². The van der Waals surface area contributed by atoms with Crippen LogP contribution in [0.4, 0.5) is 10.1 Å². The van der Waals surface area contributed by atoms with Crippen LogP contribution >= 0.6 is 28.3 Å². The molecule has 2 fully saturated rings. The van der Waals surface area contributed by atoms with Gasteiger partial charge in [-0.3, -0.25) is 0 Å². The van der Waals surface area contributed by atoms with E-state index in [1.54, 1.807) is 4.52 Å². The molecular formula is C13H15BrClFN4. The number of piperazine rings is 1. The van der Waals surface area contributed by atoms with Crippen molar-refractivity contribution in [3.05, 3.63) is 28.7 Å². The Kier molecular flexibility index (Phi) is 3.64. The Hall–Kier alpha value is -0.850. The van der Waals surface area contributed by atoms with E-state index in [2.05, 4.69) is 31.2 Å². The Labute approximate surface area is 130 Å². The smallest absolute Gasteiger partial charge is 0.168 e. The molecule has 108 valence electrons. The van der Waals surface area contributed by atoms with Gasteiger partial charge in [-0.15, -0.1) is 12.4 Å². The summed E-state index contributed by atoms with van der Waals surface area (Å²) in [6, 6.07) is 2.91. The molecule has 0 spiro atoms. The van der Waals surface area contributed by atoms with Gasteiger partial charge in [-0.1, -0.05) is 0 Å². The standard InChI is InChI=1S/C13H14BrFN4.ClH/c14-8-3-12-13(11(15)4-16-19(12)5-8)18-6-9-1-2-10(7-18)17-9;/h3-5,9-10,17H,1-2,6-7H2;1H. The summed E-state index contributed by atoms with van der Waals surface area (Å²) in [5.41, 5.74) is 1.51. The predicted molar refractivity (Wildman–Crippen MR) is 82.3 cm³/mol. The van der Waals surface area contributed by atoms with Crippen LogP contribution in [0.1, 0.15) is 12.8 Å². The maximum absolute atomic E-state index is 14.2.